The maximum absolute atomic E-state index is 12.2. The highest BCUT2D eigenvalue weighted by Gasteiger charge is 2.33. The van der Waals surface area contributed by atoms with E-state index in [1.165, 1.54) is 32.1 Å². The molecular formula is C14H26N2O2. The number of carbonyl (C=O) groups excluding carboxylic acids is 1. The zero-order chi connectivity index (χ0) is 13.0. The largest absolute Gasteiger partial charge is 0.379 e. The maximum Gasteiger partial charge on any atom is 0.227 e. The second kappa shape index (κ2) is 6.53. The fraction of sp³-hybridized carbons (Fsp3) is 0.929. The molecule has 3 N–H and O–H groups in total. The summed E-state index contributed by atoms with van der Waals surface area (Å²) in [7, 11) is 0. The van der Waals surface area contributed by atoms with Crippen LogP contribution >= 0.6 is 0 Å². The SMILES string of the molecule is CCC(NC(=O)C1COCC1N)C1CCCCC1. The second-order valence-electron chi connectivity index (χ2n) is 5.73. The van der Waals surface area contributed by atoms with Crippen LogP contribution in [0.25, 0.3) is 0 Å². The van der Waals surface area contributed by atoms with E-state index in [0.717, 1.165) is 6.42 Å². The number of nitrogens with two attached hydrogens (primary N) is 1. The molecule has 0 spiro atoms. The van der Waals surface area contributed by atoms with Gasteiger partial charge in [0.15, 0.2) is 0 Å². The molecule has 104 valence electrons. The molecule has 2 rings (SSSR count). The van der Waals surface area contributed by atoms with E-state index < -0.39 is 0 Å². The van der Waals surface area contributed by atoms with Crippen LogP contribution in [0.5, 0.6) is 0 Å². The third-order valence-electron chi connectivity index (χ3n) is 4.45. The minimum Gasteiger partial charge on any atom is -0.379 e. The van der Waals surface area contributed by atoms with E-state index in [2.05, 4.69) is 12.2 Å². The van der Waals surface area contributed by atoms with Crippen molar-refractivity contribution in [2.24, 2.45) is 17.6 Å². The van der Waals surface area contributed by atoms with Crippen LogP contribution in [0.4, 0.5) is 0 Å². The number of rotatable bonds is 4. The molecule has 0 bridgehead atoms. The van der Waals surface area contributed by atoms with Crippen molar-refractivity contribution in [1.82, 2.24) is 5.32 Å². The van der Waals surface area contributed by atoms with E-state index in [1.807, 2.05) is 0 Å². The molecular weight excluding hydrogens is 228 g/mol. The average Bonchev–Trinajstić information content (AvgIpc) is 2.83. The van der Waals surface area contributed by atoms with Gasteiger partial charge >= 0.3 is 0 Å². The molecule has 4 heteroatoms. The van der Waals surface area contributed by atoms with Crippen molar-refractivity contribution in [3.63, 3.8) is 0 Å². The number of carbonyl (C=O) groups is 1. The van der Waals surface area contributed by atoms with E-state index in [9.17, 15) is 4.79 Å². The van der Waals surface area contributed by atoms with Crippen molar-refractivity contribution in [2.75, 3.05) is 13.2 Å². The van der Waals surface area contributed by atoms with Crippen molar-refractivity contribution < 1.29 is 9.53 Å². The molecule has 1 aliphatic heterocycles. The van der Waals surface area contributed by atoms with Gasteiger partial charge < -0.3 is 15.8 Å². The van der Waals surface area contributed by atoms with Gasteiger partial charge in [0.25, 0.3) is 0 Å². The topological polar surface area (TPSA) is 64.3 Å². The van der Waals surface area contributed by atoms with Gasteiger partial charge in [0.2, 0.25) is 5.91 Å². The molecule has 0 radical (unpaired) electrons. The van der Waals surface area contributed by atoms with Crippen molar-refractivity contribution in [3.05, 3.63) is 0 Å². The van der Waals surface area contributed by atoms with Gasteiger partial charge in [-0.25, -0.2) is 0 Å². The highest BCUT2D eigenvalue weighted by molar-refractivity contribution is 5.80. The number of ether oxygens (including phenoxy) is 1. The van der Waals surface area contributed by atoms with Crippen molar-refractivity contribution in [3.8, 4) is 0 Å². The Morgan fingerprint density at radius 2 is 2.06 bits per heavy atom. The second-order valence-corrected chi connectivity index (χ2v) is 5.73. The molecule has 2 fully saturated rings. The Kier molecular flexibility index (Phi) is 5.01. The Balaban J connectivity index is 1.86. The quantitative estimate of drug-likeness (QED) is 0.798. The number of nitrogens with one attached hydrogen (secondary N) is 1. The molecule has 1 saturated heterocycles. The van der Waals surface area contributed by atoms with Gasteiger partial charge in [-0.3, -0.25) is 4.79 Å². The number of hydrogen-bond acceptors (Lipinski definition) is 3. The Morgan fingerprint density at radius 3 is 2.61 bits per heavy atom. The molecule has 18 heavy (non-hydrogen) atoms. The summed E-state index contributed by atoms with van der Waals surface area (Å²) in [6.45, 7) is 3.15. The molecule has 0 aromatic carbocycles. The minimum atomic E-state index is -0.150. The molecule has 0 aromatic rings. The highest BCUT2D eigenvalue weighted by Crippen LogP contribution is 2.28. The zero-order valence-electron chi connectivity index (χ0n) is 11.4. The monoisotopic (exact) mass is 254 g/mol. The van der Waals surface area contributed by atoms with Crippen LogP contribution in [-0.4, -0.2) is 31.2 Å². The number of hydrogen-bond donors (Lipinski definition) is 2. The first-order valence-electron chi connectivity index (χ1n) is 7.36. The van der Waals surface area contributed by atoms with Crippen molar-refractivity contribution >= 4 is 5.91 Å². The van der Waals surface area contributed by atoms with Crippen LogP contribution in [0.3, 0.4) is 0 Å². The zero-order valence-corrected chi connectivity index (χ0v) is 11.4. The van der Waals surface area contributed by atoms with Crippen LogP contribution in [0.1, 0.15) is 45.4 Å². The third kappa shape index (κ3) is 3.23. The molecule has 3 atom stereocenters. The fourth-order valence-corrected chi connectivity index (χ4v) is 3.22. The smallest absolute Gasteiger partial charge is 0.227 e. The maximum atomic E-state index is 12.2. The van der Waals surface area contributed by atoms with Gasteiger partial charge in [-0.1, -0.05) is 26.2 Å². The Morgan fingerprint density at radius 1 is 1.33 bits per heavy atom. The lowest BCUT2D eigenvalue weighted by atomic mass is 9.82. The lowest BCUT2D eigenvalue weighted by Gasteiger charge is -2.31. The number of amides is 1. The van der Waals surface area contributed by atoms with Gasteiger partial charge in [-0.15, -0.1) is 0 Å². The van der Waals surface area contributed by atoms with Gasteiger partial charge in [-0.05, 0) is 25.2 Å². The third-order valence-corrected chi connectivity index (χ3v) is 4.45. The molecule has 1 heterocycles. The summed E-state index contributed by atoms with van der Waals surface area (Å²) in [6.07, 6.45) is 7.49. The summed E-state index contributed by atoms with van der Waals surface area (Å²) in [4.78, 5) is 12.2. The van der Waals surface area contributed by atoms with E-state index in [0.29, 0.717) is 25.2 Å². The molecule has 1 saturated carbocycles. The molecule has 0 aromatic heterocycles. The molecule has 3 unspecified atom stereocenters. The summed E-state index contributed by atoms with van der Waals surface area (Å²) < 4.78 is 5.27. The first kappa shape index (κ1) is 13.8. The van der Waals surface area contributed by atoms with Crippen LogP contribution < -0.4 is 11.1 Å². The summed E-state index contributed by atoms with van der Waals surface area (Å²) in [5.74, 6) is 0.603. The normalized spacial score (nSPS) is 31.2. The first-order chi connectivity index (χ1) is 8.72. The van der Waals surface area contributed by atoms with Gasteiger partial charge in [-0.2, -0.15) is 0 Å². The Bertz CT molecular complexity index is 277. The Labute approximate surface area is 110 Å². The predicted octanol–water partition coefficient (Wildman–Crippen LogP) is 1.44. The summed E-state index contributed by atoms with van der Waals surface area (Å²) in [5, 5.41) is 3.21. The lowest BCUT2D eigenvalue weighted by Crippen LogP contribution is -2.47. The van der Waals surface area contributed by atoms with Crippen molar-refractivity contribution in [1.29, 1.82) is 0 Å². The predicted molar refractivity (Wildman–Crippen MR) is 71.1 cm³/mol. The molecule has 1 amide bonds. The van der Waals surface area contributed by atoms with E-state index in [1.54, 1.807) is 0 Å². The average molecular weight is 254 g/mol. The molecule has 1 aliphatic carbocycles. The molecule has 2 aliphatic rings. The first-order valence-corrected chi connectivity index (χ1v) is 7.36. The minimum absolute atomic E-state index is 0.0948. The van der Waals surface area contributed by atoms with Gasteiger partial charge in [0, 0.05) is 12.1 Å². The Hall–Kier alpha value is -0.610. The summed E-state index contributed by atoms with van der Waals surface area (Å²) in [6, 6.07) is 0.194. The standard InChI is InChI=1S/C14H26N2O2/c1-2-13(10-6-4-3-5-7-10)16-14(17)11-8-18-9-12(11)15/h10-13H,2-9,15H2,1H3,(H,16,17). The van der Waals surface area contributed by atoms with Crippen LogP contribution in [0.15, 0.2) is 0 Å². The van der Waals surface area contributed by atoms with E-state index in [-0.39, 0.29) is 17.9 Å². The van der Waals surface area contributed by atoms with Crippen LogP contribution in [0.2, 0.25) is 0 Å². The fourth-order valence-electron chi connectivity index (χ4n) is 3.22. The van der Waals surface area contributed by atoms with Gasteiger partial charge in [0.1, 0.15) is 0 Å². The highest BCUT2D eigenvalue weighted by atomic mass is 16.5. The summed E-state index contributed by atoms with van der Waals surface area (Å²) in [5.41, 5.74) is 5.89. The van der Waals surface area contributed by atoms with Crippen molar-refractivity contribution in [2.45, 2.75) is 57.5 Å². The lowest BCUT2D eigenvalue weighted by molar-refractivity contribution is -0.126. The van der Waals surface area contributed by atoms with Crippen LogP contribution in [-0.2, 0) is 9.53 Å². The van der Waals surface area contributed by atoms with Crippen LogP contribution in [0, 0.1) is 11.8 Å². The van der Waals surface area contributed by atoms with Gasteiger partial charge in [0.05, 0.1) is 19.1 Å². The summed E-state index contributed by atoms with van der Waals surface area (Å²) >= 11 is 0. The van der Waals surface area contributed by atoms with E-state index >= 15 is 0 Å². The molecule has 4 nitrogen and oxygen atoms in total. The van der Waals surface area contributed by atoms with E-state index in [4.69, 9.17) is 10.5 Å².